The van der Waals surface area contributed by atoms with Crippen molar-refractivity contribution in [3.05, 3.63) is 65.3 Å². The molecule has 4 rings (SSSR count). The van der Waals surface area contributed by atoms with Gasteiger partial charge in [-0.15, -0.1) is 0 Å². The van der Waals surface area contributed by atoms with Gasteiger partial charge in [0, 0.05) is 12.0 Å². The van der Waals surface area contributed by atoms with Crippen LogP contribution in [0.2, 0.25) is 0 Å². The van der Waals surface area contributed by atoms with Crippen molar-refractivity contribution < 1.29 is 20.1 Å². The zero-order chi connectivity index (χ0) is 26.8. The van der Waals surface area contributed by atoms with Crippen LogP contribution in [-0.2, 0) is 5.60 Å². The minimum Gasteiger partial charge on any atom is -0.493 e. The number of fused-ring (bicyclic) bond motifs is 1. The van der Waals surface area contributed by atoms with Crippen LogP contribution in [0.1, 0.15) is 91.0 Å². The third-order valence-corrected chi connectivity index (χ3v) is 10.0. The Bertz CT molecular complexity index is 1020. The van der Waals surface area contributed by atoms with E-state index in [1.807, 2.05) is 38.1 Å². The summed E-state index contributed by atoms with van der Waals surface area (Å²) in [4.78, 5) is 0. The predicted molar refractivity (Wildman–Crippen MR) is 150 cm³/mol. The highest BCUT2D eigenvalue weighted by molar-refractivity contribution is 5.39. The van der Waals surface area contributed by atoms with Crippen LogP contribution in [0.25, 0.3) is 0 Å². The molecule has 0 saturated heterocycles. The fraction of sp³-hybridized carbons (Fsp3) is 0.636. The molecule has 3 saturated carbocycles. The first-order valence-electron chi connectivity index (χ1n) is 14.5. The van der Waals surface area contributed by atoms with Crippen LogP contribution in [0, 0.1) is 23.2 Å². The molecule has 204 valence electrons. The van der Waals surface area contributed by atoms with E-state index in [9.17, 15) is 15.3 Å². The van der Waals surface area contributed by atoms with Gasteiger partial charge in [-0.25, -0.2) is 0 Å². The van der Waals surface area contributed by atoms with Gasteiger partial charge in [0.1, 0.15) is 5.75 Å². The van der Waals surface area contributed by atoms with Crippen molar-refractivity contribution in [1.29, 1.82) is 0 Å². The highest BCUT2D eigenvalue weighted by Gasteiger charge is 2.50. The van der Waals surface area contributed by atoms with Gasteiger partial charge in [-0.3, -0.25) is 0 Å². The summed E-state index contributed by atoms with van der Waals surface area (Å²) in [7, 11) is 0. The van der Waals surface area contributed by atoms with Gasteiger partial charge < -0.3 is 20.1 Å². The molecule has 0 amide bonds. The Labute approximate surface area is 224 Å². The number of hydrogen-bond donors (Lipinski definition) is 3. The molecule has 2 unspecified atom stereocenters. The van der Waals surface area contributed by atoms with Gasteiger partial charge in [-0.1, -0.05) is 70.2 Å². The maximum atomic E-state index is 11.1. The van der Waals surface area contributed by atoms with Crippen molar-refractivity contribution >= 4 is 0 Å². The molecule has 1 aromatic carbocycles. The van der Waals surface area contributed by atoms with Gasteiger partial charge in [-0.2, -0.15) is 0 Å². The van der Waals surface area contributed by atoms with E-state index in [-0.39, 0.29) is 5.41 Å². The molecule has 0 aliphatic heterocycles. The summed E-state index contributed by atoms with van der Waals surface area (Å²) < 4.78 is 6.43. The molecule has 0 radical (unpaired) electrons. The Morgan fingerprint density at radius 2 is 1.89 bits per heavy atom. The molecule has 0 bridgehead atoms. The summed E-state index contributed by atoms with van der Waals surface area (Å²) in [6.45, 7) is 13.6. The minimum absolute atomic E-state index is 0.251. The first kappa shape index (κ1) is 28.1. The van der Waals surface area contributed by atoms with Crippen molar-refractivity contribution in [3.8, 4) is 5.75 Å². The number of rotatable bonds is 8. The number of aliphatic hydroxyl groups excluding tert-OH is 2. The van der Waals surface area contributed by atoms with E-state index < -0.39 is 17.8 Å². The summed E-state index contributed by atoms with van der Waals surface area (Å²) in [6, 6.07) is 7.98. The zero-order valence-corrected chi connectivity index (χ0v) is 23.4. The lowest BCUT2D eigenvalue weighted by Gasteiger charge is -2.44. The van der Waals surface area contributed by atoms with Crippen molar-refractivity contribution in [2.75, 3.05) is 6.61 Å². The average molecular weight is 509 g/mol. The van der Waals surface area contributed by atoms with E-state index in [1.165, 1.54) is 31.3 Å². The maximum absolute atomic E-state index is 11.1. The van der Waals surface area contributed by atoms with Gasteiger partial charge >= 0.3 is 0 Å². The molecule has 3 aliphatic rings. The highest BCUT2D eigenvalue weighted by atomic mass is 16.5. The number of allylic oxidation sites excluding steroid dienone is 3. The molecule has 4 heteroatoms. The number of ether oxygens (including phenoxy) is 1. The van der Waals surface area contributed by atoms with Crippen LogP contribution >= 0.6 is 0 Å². The summed E-state index contributed by atoms with van der Waals surface area (Å²) >= 11 is 0. The van der Waals surface area contributed by atoms with Gasteiger partial charge in [-0.05, 0) is 91.7 Å². The highest BCUT2D eigenvalue weighted by Crippen LogP contribution is 2.59. The number of hydrogen-bond acceptors (Lipinski definition) is 4. The monoisotopic (exact) mass is 508 g/mol. The van der Waals surface area contributed by atoms with E-state index in [2.05, 4.69) is 32.6 Å². The van der Waals surface area contributed by atoms with Crippen LogP contribution in [0.5, 0.6) is 5.75 Å². The van der Waals surface area contributed by atoms with E-state index in [4.69, 9.17) is 4.74 Å². The third kappa shape index (κ3) is 5.62. The van der Waals surface area contributed by atoms with Crippen molar-refractivity contribution in [1.82, 2.24) is 0 Å². The van der Waals surface area contributed by atoms with Crippen LogP contribution < -0.4 is 4.74 Å². The molecule has 1 aromatic rings. The van der Waals surface area contributed by atoms with Crippen LogP contribution in [0.3, 0.4) is 0 Å². The largest absolute Gasteiger partial charge is 0.493 e. The van der Waals surface area contributed by atoms with E-state index in [0.717, 1.165) is 28.9 Å². The first-order chi connectivity index (χ1) is 17.6. The second-order valence-electron chi connectivity index (χ2n) is 12.2. The molecule has 0 spiro atoms. The van der Waals surface area contributed by atoms with Gasteiger partial charge in [0.2, 0.25) is 0 Å². The molecule has 0 aromatic heterocycles. The summed E-state index contributed by atoms with van der Waals surface area (Å²) in [5.41, 5.74) is 3.56. The quantitative estimate of drug-likeness (QED) is 0.359. The predicted octanol–water partition coefficient (Wildman–Crippen LogP) is 6.85. The van der Waals surface area contributed by atoms with E-state index in [1.54, 1.807) is 0 Å². The van der Waals surface area contributed by atoms with E-state index >= 15 is 0 Å². The normalized spacial score (nSPS) is 33.5. The molecule has 6 atom stereocenters. The smallest absolute Gasteiger partial charge is 0.125 e. The maximum Gasteiger partial charge on any atom is 0.125 e. The van der Waals surface area contributed by atoms with Crippen molar-refractivity contribution in [2.24, 2.45) is 23.2 Å². The lowest BCUT2D eigenvalue weighted by atomic mass is 9.61. The molecular weight excluding hydrogens is 460 g/mol. The molecule has 3 N–H and O–H groups in total. The standard InChI is InChI=1S/C33H48O4/c1-6-33(36,7-2)29-12-8-9-13-31(29)37-21-22(3)27-16-17-28-24(11-10-18-32(27,28)5)14-15-25-19-26(34)20-30(35)23(25)4/h8-9,12-15,22,26-28,30,34-36H,4,6-7,10-11,16-21H2,1-3,5H3/b24-14+,25-15-/t22-,26+,27?,28?,30-,32+/m0/s1. The van der Waals surface area contributed by atoms with Gasteiger partial charge in [0.25, 0.3) is 0 Å². The molecule has 37 heavy (non-hydrogen) atoms. The second kappa shape index (κ2) is 11.5. The van der Waals surface area contributed by atoms with Crippen LogP contribution in [0.4, 0.5) is 0 Å². The van der Waals surface area contributed by atoms with Gasteiger partial charge in [0.15, 0.2) is 0 Å². The second-order valence-corrected chi connectivity index (χ2v) is 12.2. The third-order valence-electron chi connectivity index (χ3n) is 10.0. The topological polar surface area (TPSA) is 69.9 Å². The molecule has 0 heterocycles. The Kier molecular flexibility index (Phi) is 8.72. The molecule has 3 fully saturated rings. The molecule has 3 aliphatic carbocycles. The Morgan fingerprint density at radius 3 is 2.62 bits per heavy atom. The Balaban J connectivity index is 1.47. The molecular formula is C33H48O4. The summed E-state index contributed by atoms with van der Waals surface area (Å²) in [5, 5.41) is 31.5. The lowest BCUT2D eigenvalue weighted by molar-refractivity contribution is 0.0235. The van der Waals surface area contributed by atoms with Crippen LogP contribution in [0.15, 0.2) is 59.7 Å². The number of para-hydroxylation sites is 1. The minimum atomic E-state index is -0.850. The first-order valence-corrected chi connectivity index (χ1v) is 14.5. The number of benzene rings is 1. The Hall–Kier alpha value is -1.88. The fourth-order valence-electron chi connectivity index (χ4n) is 7.62. The summed E-state index contributed by atoms with van der Waals surface area (Å²) in [5.74, 6) is 2.38. The average Bonchev–Trinajstić information content (AvgIpc) is 3.25. The van der Waals surface area contributed by atoms with Crippen LogP contribution in [-0.4, -0.2) is 34.1 Å². The number of aliphatic hydroxyl groups is 3. The fourth-order valence-corrected chi connectivity index (χ4v) is 7.62. The van der Waals surface area contributed by atoms with Crippen molar-refractivity contribution in [2.45, 2.75) is 103 Å². The molecule has 4 nitrogen and oxygen atoms in total. The summed E-state index contributed by atoms with van der Waals surface area (Å²) in [6.07, 6.45) is 11.5. The Morgan fingerprint density at radius 1 is 1.16 bits per heavy atom. The lowest BCUT2D eigenvalue weighted by Crippen LogP contribution is -2.37. The van der Waals surface area contributed by atoms with Crippen molar-refractivity contribution in [3.63, 3.8) is 0 Å². The SMILES string of the molecule is C=C1/C(=C\C=C2/CCC[C@@]3(C)C2CCC3[C@@H](C)COc2ccccc2C(O)(CC)CC)C[C@@H](O)C[C@@H]1O. The van der Waals surface area contributed by atoms with Gasteiger partial charge in [0.05, 0.1) is 24.4 Å². The zero-order valence-electron chi connectivity index (χ0n) is 23.4. The van der Waals surface area contributed by atoms with E-state index in [0.29, 0.717) is 50.0 Å².